The summed E-state index contributed by atoms with van der Waals surface area (Å²) >= 11 is 0. The standard InChI is InChI=1S/C14H16FN3O3/c1-20-8-3-2-7-16-13(19)12-17-14(21-18-12)10-5-4-6-11(15)9-10/h4-6,9H,2-3,7-8H2,1H3,(H,16,19). The Bertz CT molecular complexity index is 601. The van der Waals surface area contributed by atoms with Crippen LogP contribution in [0.3, 0.4) is 0 Å². The van der Waals surface area contributed by atoms with Crippen LogP contribution in [0.4, 0.5) is 4.39 Å². The molecule has 7 heteroatoms. The molecule has 0 bridgehead atoms. The summed E-state index contributed by atoms with van der Waals surface area (Å²) in [5.74, 6) is -0.784. The quantitative estimate of drug-likeness (QED) is 0.790. The Labute approximate surface area is 121 Å². The van der Waals surface area contributed by atoms with Gasteiger partial charge in [0.2, 0.25) is 0 Å². The number of carbonyl (C=O) groups excluding carboxylic acids is 1. The normalized spacial score (nSPS) is 10.6. The third-order valence-corrected chi connectivity index (χ3v) is 2.76. The summed E-state index contributed by atoms with van der Waals surface area (Å²) in [6.45, 7) is 1.16. The summed E-state index contributed by atoms with van der Waals surface area (Å²) < 4.78 is 23.0. The molecular formula is C14H16FN3O3. The van der Waals surface area contributed by atoms with Crippen molar-refractivity contribution in [2.24, 2.45) is 0 Å². The van der Waals surface area contributed by atoms with Gasteiger partial charge in [-0.3, -0.25) is 4.79 Å². The van der Waals surface area contributed by atoms with Crippen molar-refractivity contribution < 1.29 is 18.4 Å². The van der Waals surface area contributed by atoms with Gasteiger partial charge in [0.15, 0.2) is 0 Å². The Balaban J connectivity index is 1.92. The van der Waals surface area contributed by atoms with Crippen LogP contribution in [0, 0.1) is 5.82 Å². The summed E-state index contributed by atoms with van der Waals surface area (Å²) in [6.07, 6.45) is 1.66. The van der Waals surface area contributed by atoms with E-state index >= 15 is 0 Å². The molecule has 0 aliphatic carbocycles. The van der Waals surface area contributed by atoms with Gasteiger partial charge < -0.3 is 14.6 Å². The van der Waals surface area contributed by atoms with Gasteiger partial charge in [0.1, 0.15) is 5.82 Å². The van der Waals surface area contributed by atoms with Gasteiger partial charge in [0, 0.05) is 25.8 Å². The van der Waals surface area contributed by atoms with E-state index in [2.05, 4.69) is 15.5 Å². The maximum atomic E-state index is 13.1. The molecule has 1 aromatic carbocycles. The molecule has 6 nitrogen and oxygen atoms in total. The molecule has 2 rings (SSSR count). The molecule has 1 heterocycles. The van der Waals surface area contributed by atoms with E-state index in [1.165, 1.54) is 18.2 Å². The van der Waals surface area contributed by atoms with E-state index in [1.54, 1.807) is 13.2 Å². The maximum absolute atomic E-state index is 13.1. The number of amides is 1. The molecule has 0 aliphatic heterocycles. The molecule has 1 aromatic heterocycles. The Morgan fingerprint density at radius 1 is 1.43 bits per heavy atom. The van der Waals surface area contributed by atoms with Crippen molar-refractivity contribution in [3.05, 3.63) is 35.9 Å². The Morgan fingerprint density at radius 2 is 2.29 bits per heavy atom. The average Bonchev–Trinajstić information content (AvgIpc) is 2.97. The predicted molar refractivity (Wildman–Crippen MR) is 73.1 cm³/mol. The zero-order valence-corrected chi connectivity index (χ0v) is 11.6. The van der Waals surface area contributed by atoms with Crippen LogP contribution in [-0.4, -0.2) is 36.3 Å². The van der Waals surface area contributed by atoms with E-state index in [0.717, 1.165) is 12.8 Å². The number of hydrogen-bond acceptors (Lipinski definition) is 5. The van der Waals surface area contributed by atoms with Gasteiger partial charge >= 0.3 is 0 Å². The molecule has 21 heavy (non-hydrogen) atoms. The lowest BCUT2D eigenvalue weighted by Gasteiger charge is -2.01. The van der Waals surface area contributed by atoms with Gasteiger partial charge in [-0.2, -0.15) is 4.98 Å². The molecule has 112 valence electrons. The lowest BCUT2D eigenvalue weighted by Crippen LogP contribution is -2.25. The van der Waals surface area contributed by atoms with Crippen molar-refractivity contribution >= 4 is 5.91 Å². The number of nitrogens with zero attached hydrogens (tertiary/aromatic N) is 2. The van der Waals surface area contributed by atoms with Crippen LogP contribution >= 0.6 is 0 Å². The molecule has 0 saturated carbocycles. The van der Waals surface area contributed by atoms with Crippen LogP contribution in [0.5, 0.6) is 0 Å². The zero-order chi connectivity index (χ0) is 15.1. The Kier molecular flexibility index (Phi) is 5.39. The molecule has 0 fully saturated rings. The van der Waals surface area contributed by atoms with E-state index in [1.807, 2.05) is 0 Å². The number of benzene rings is 1. The predicted octanol–water partition coefficient (Wildman–Crippen LogP) is 2.03. The number of ether oxygens (including phenoxy) is 1. The summed E-state index contributed by atoms with van der Waals surface area (Å²) in [4.78, 5) is 15.7. The highest BCUT2D eigenvalue weighted by Crippen LogP contribution is 2.17. The first kappa shape index (κ1) is 15.1. The maximum Gasteiger partial charge on any atom is 0.292 e. The topological polar surface area (TPSA) is 77.2 Å². The second kappa shape index (κ2) is 7.49. The van der Waals surface area contributed by atoms with Crippen LogP contribution in [-0.2, 0) is 4.74 Å². The molecule has 2 aromatic rings. The summed E-state index contributed by atoms with van der Waals surface area (Å²) in [5, 5.41) is 6.27. The minimum absolute atomic E-state index is 0.0685. The Hall–Kier alpha value is -2.28. The highest BCUT2D eigenvalue weighted by Gasteiger charge is 2.15. The lowest BCUT2D eigenvalue weighted by molar-refractivity contribution is 0.0938. The van der Waals surface area contributed by atoms with Crippen molar-refractivity contribution in [1.82, 2.24) is 15.5 Å². The number of aromatic nitrogens is 2. The number of unbranched alkanes of at least 4 members (excludes halogenated alkanes) is 1. The minimum Gasteiger partial charge on any atom is -0.385 e. The van der Waals surface area contributed by atoms with Crippen LogP contribution in [0.2, 0.25) is 0 Å². The van der Waals surface area contributed by atoms with E-state index < -0.39 is 11.7 Å². The first-order valence-electron chi connectivity index (χ1n) is 6.57. The summed E-state index contributed by atoms with van der Waals surface area (Å²) in [5.41, 5.74) is 0.432. The van der Waals surface area contributed by atoms with E-state index in [-0.39, 0.29) is 11.7 Å². The molecule has 0 atom stereocenters. The van der Waals surface area contributed by atoms with Gasteiger partial charge in [0.05, 0.1) is 0 Å². The van der Waals surface area contributed by atoms with Gasteiger partial charge in [-0.25, -0.2) is 4.39 Å². The zero-order valence-electron chi connectivity index (χ0n) is 11.6. The molecule has 0 aliphatic rings. The van der Waals surface area contributed by atoms with Crippen molar-refractivity contribution in [2.75, 3.05) is 20.3 Å². The van der Waals surface area contributed by atoms with Crippen LogP contribution in [0.1, 0.15) is 23.5 Å². The fraction of sp³-hybridized carbons (Fsp3) is 0.357. The Morgan fingerprint density at radius 3 is 3.05 bits per heavy atom. The van der Waals surface area contributed by atoms with Gasteiger partial charge in [-0.1, -0.05) is 11.2 Å². The van der Waals surface area contributed by atoms with Crippen molar-refractivity contribution in [3.63, 3.8) is 0 Å². The van der Waals surface area contributed by atoms with Crippen molar-refractivity contribution in [1.29, 1.82) is 0 Å². The van der Waals surface area contributed by atoms with Crippen LogP contribution in [0.15, 0.2) is 28.8 Å². The van der Waals surface area contributed by atoms with Crippen LogP contribution in [0.25, 0.3) is 11.5 Å². The third-order valence-electron chi connectivity index (χ3n) is 2.76. The molecule has 0 spiro atoms. The SMILES string of the molecule is COCCCCNC(=O)c1noc(-c2cccc(F)c2)n1. The average molecular weight is 293 g/mol. The number of nitrogens with one attached hydrogen (secondary N) is 1. The largest absolute Gasteiger partial charge is 0.385 e. The first-order chi connectivity index (χ1) is 10.2. The molecular weight excluding hydrogens is 277 g/mol. The highest BCUT2D eigenvalue weighted by molar-refractivity contribution is 5.90. The van der Waals surface area contributed by atoms with Gasteiger partial charge in [-0.05, 0) is 31.0 Å². The number of carbonyl (C=O) groups is 1. The van der Waals surface area contributed by atoms with Gasteiger partial charge in [-0.15, -0.1) is 0 Å². The number of hydrogen-bond donors (Lipinski definition) is 1. The van der Waals surface area contributed by atoms with Crippen molar-refractivity contribution in [2.45, 2.75) is 12.8 Å². The van der Waals surface area contributed by atoms with E-state index in [9.17, 15) is 9.18 Å². The molecule has 0 unspecified atom stereocenters. The minimum atomic E-state index is -0.418. The highest BCUT2D eigenvalue weighted by atomic mass is 19.1. The number of halogens is 1. The smallest absolute Gasteiger partial charge is 0.292 e. The fourth-order valence-electron chi connectivity index (χ4n) is 1.71. The molecule has 1 N–H and O–H groups in total. The number of methoxy groups -OCH3 is 1. The molecule has 1 amide bonds. The first-order valence-corrected chi connectivity index (χ1v) is 6.57. The summed E-state index contributed by atoms with van der Waals surface area (Å²) in [6, 6.07) is 5.74. The third kappa shape index (κ3) is 4.35. The molecule has 0 saturated heterocycles. The fourth-order valence-corrected chi connectivity index (χ4v) is 1.71. The van der Waals surface area contributed by atoms with E-state index in [0.29, 0.717) is 18.7 Å². The molecule has 0 radical (unpaired) electrons. The summed E-state index contributed by atoms with van der Waals surface area (Å²) in [7, 11) is 1.63. The number of rotatable bonds is 7. The van der Waals surface area contributed by atoms with E-state index in [4.69, 9.17) is 9.26 Å². The van der Waals surface area contributed by atoms with Gasteiger partial charge in [0.25, 0.3) is 17.6 Å². The monoisotopic (exact) mass is 293 g/mol. The van der Waals surface area contributed by atoms with Crippen LogP contribution < -0.4 is 5.32 Å². The lowest BCUT2D eigenvalue weighted by atomic mass is 10.2. The second-order valence-corrected chi connectivity index (χ2v) is 4.39. The van der Waals surface area contributed by atoms with Crippen molar-refractivity contribution in [3.8, 4) is 11.5 Å². The second-order valence-electron chi connectivity index (χ2n) is 4.39.